The maximum atomic E-state index is 11.8. The first-order valence-corrected chi connectivity index (χ1v) is 11.3. The van der Waals surface area contributed by atoms with Crippen molar-refractivity contribution in [3.05, 3.63) is 70.2 Å². The standard InChI is InChI=1S/C24H32ClN5O.HI/c1-3-27-24(28-11-10-19-6-4-8-21(16-19)23(31)26-2)30-14-12-29(13-15-30)18-20-7-5-9-22(25)17-20;/h4-9,16-17H,3,10-15,18H2,1-2H3,(H,26,31)(H,27,28);1H. The van der Waals surface area contributed by atoms with Gasteiger partial charge in [-0.3, -0.25) is 14.7 Å². The van der Waals surface area contributed by atoms with E-state index in [4.69, 9.17) is 16.6 Å². The van der Waals surface area contributed by atoms with Gasteiger partial charge in [0.05, 0.1) is 0 Å². The van der Waals surface area contributed by atoms with Gasteiger partial charge >= 0.3 is 0 Å². The fourth-order valence-corrected chi connectivity index (χ4v) is 3.95. The molecule has 2 aromatic carbocycles. The Morgan fingerprint density at radius 2 is 1.78 bits per heavy atom. The monoisotopic (exact) mass is 569 g/mol. The number of amides is 1. The summed E-state index contributed by atoms with van der Waals surface area (Å²) in [6.45, 7) is 8.41. The van der Waals surface area contributed by atoms with Gasteiger partial charge < -0.3 is 15.5 Å². The second-order valence-corrected chi connectivity index (χ2v) is 8.09. The van der Waals surface area contributed by atoms with Gasteiger partial charge in [0.1, 0.15) is 0 Å². The van der Waals surface area contributed by atoms with Crippen LogP contribution in [-0.4, -0.2) is 68.0 Å². The van der Waals surface area contributed by atoms with Gasteiger partial charge in [0.2, 0.25) is 0 Å². The summed E-state index contributed by atoms with van der Waals surface area (Å²) in [6.07, 6.45) is 0.800. The number of hydrogen-bond donors (Lipinski definition) is 2. The molecule has 0 spiro atoms. The molecular weight excluding hydrogens is 537 g/mol. The van der Waals surface area contributed by atoms with Crippen LogP contribution in [0.5, 0.6) is 0 Å². The number of hydrogen-bond acceptors (Lipinski definition) is 3. The Bertz CT molecular complexity index is 899. The molecular formula is C24H33ClIN5O. The maximum absolute atomic E-state index is 11.8. The summed E-state index contributed by atoms with van der Waals surface area (Å²) in [6, 6.07) is 15.8. The van der Waals surface area contributed by atoms with E-state index >= 15 is 0 Å². The van der Waals surface area contributed by atoms with Gasteiger partial charge in [-0.1, -0.05) is 35.9 Å². The number of halogens is 2. The van der Waals surface area contributed by atoms with Crippen molar-refractivity contribution in [3.63, 3.8) is 0 Å². The third-order valence-corrected chi connectivity index (χ3v) is 5.62. The number of benzene rings is 2. The van der Waals surface area contributed by atoms with Crippen molar-refractivity contribution < 1.29 is 4.79 Å². The molecule has 0 unspecified atom stereocenters. The second kappa shape index (κ2) is 13.6. The fraction of sp³-hybridized carbons (Fsp3) is 0.417. The van der Waals surface area contributed by atoms with Crippen molar-refractivity contribution in [2.24, 2.45) is 4.99 Å². The molecule has 1 aliphatic heterocycles. The van der Waals surface area contributed by atoms with E-state index in [9.17, 15) is 4.79 Å². The lowest BCUT2D eigenvalue weighted by Gasteiger charge is -2.36. The van der Waals surface area contributed by atoms with E-state index in [1.807, 2.05) is 42.5 Å². The molecule has 32 heavy (non-hydrogen) atoms. The third kappa shape index (κ3) is 7.94. The number of piperazine rings is 1. The molecule has 0 aromatic heterocycles. The number of rotatable bonds is 7. The highest BCUT2D eigenvalue weighted by molar-refractivity contribution is 14.0. The zero-order valence-electron chi connectivity index (χ0n) is 18.8. The van der Waals surface area contributed by atoms with Crippen molar-refractivity contribution in [2.75, 3.05) is 46.3 Å². The van der Waals surface area contributed by atoms with E-state index in [1.54, 1.807) is 7.05 Å². The molecule has 1 aliphatic rings. The van der Waals surface area contributed by atoms with Crippen LogP contribution in [0.2, 0.25) is 5.02 Å². The number of nitrogens with zero attached hydrogens (tertiary/aromatic N) is 3. The highest BCUT2D eigenvalue weighted by atomic mass is 127. The van der Waals surface area contributed by atoms with Crippen LogP contribution in [0.3, 0.4) is 0 Å². The smallest absolute Gasteiger partial charge is 0.251 e. The van der Waals surface area contributed by atoms with Gasteiger partial charge in [0.25, 0.3) is 5.91 Å². The zero-order valence-corrected chi connectivity index (χ0v) is 21.9. The van der Waals surface area contributed by atoms with E-state index in [-0.39, 0.29) is 29.9 Å². The highest BCUT2D eigenvalue weighted by Gasteiger charge is 2.19. The predicted octanol–water partition coefficient (Wildman–Crippen LogP) is 3.64. The lowest BCUT2D eigenvalue weighted by molar-refractivity contribution is 0.0963. The Balaban J connectivity index is 0.00000363. The molecule has 0 bridgehead atoms. The van der Waals surface area contributed by atoms with E-state index in [0.29, 0.717) is 12.1 Å². The van der Waals surface area contributed by atoms with Crippen LogP contribution in [0.4, 0.5) is 0 Å². The van der Waals surface area contributed by atoms with Gasteiger partial charge in [-0.25, -0.2) is 0 Å². The summed E-state index contributed by atoms with van der Waals surface area (Å²) >= 11 is 6.12. The Kier molecular flexibility index (Phi) is 11.3. The number of carbonyl (C=O) groups is 1. The molecule has 0 radical (unpaired) electrons. The Labute approximate surface area is 213 Å². The minimum atomic E-state index is -0.0608. The van der Waals surface area contributed by atoms with Gasteiger partial charge in [-0.2, -0.15) is 0 Å². The lowest BCUT2D eigenvalue weighted by atomic mass is 10.1. The van der Waals surface area contributed by atoms with Crippen LogP contribution in [0, 0.1) is 0 Å². The lowest BCUT2D eigenvalue weighted by Crippen LogP contribution is -2.52. The largest absolute Gasteiger partial charge is 0.357 e. The van der Waals surface area contributed by atoms with Gasteiger partial charge in [-0.05, 0) is 48.7 Å². The zero-order chi connectivity index (χ0) is 22.1. The van der Waals surface area contributed by atoms with Gasteiger partial charge in [-0.15, -0.1) is 24.0 Å². The first kappa shape index (κ1) is 26.4. The SMILES string of the molecule is CCNC(=NCCc1cccc(C(=O)NC)c1)N1CCN(Cc2cccc(Cl)c2)CC1.I. The Hall–Kier alpha value is -1.84. The fourth-order valence-electron chi connectivity index (χ4n) is 3.74. The van der Waals surface area contributed by atoms with Crippen molar-refractivity contribution in [3.8, 4) is 0 Å². The first-order valence-electron chi connectivity index (χ1n) is 10.9. The number of carbonyl (C=O) groups excluding carboxylic acids is 1. The quantitative estimate of drug-likeness (QED) is 0.304. The van der Waals surface area contributed by atoms with Gasteiger partial charge in [0, 0.05) is 63.4 Å². The molecule has 0 aliphatic carbocycles. The predicted molar refractivity (Wildman–Crippen MR) is 143 cm³/mol. The first-order chi connectivity index (χ1) is 15.1. The van der Waals surface area contributed by atoms with Crippen LogP contribution in [0.15, 0.2) is 53.5 Å². The Morgan fingerprint density at radius 3 is 2.47 bits per heavy atom. The van der Waals surface area contributed by atoms with Crippen LogP contribution < -0.4 is 10.6 Å². The third-order valence-electron chi connectivity index (χ3n) is 5.38. The highest BCUT2D eigenvalue weighted by Crippen LogP contribution is 2.14. The minimum Gasteiger partial charge on any atom is -0.357 e. The molecule has 8 heteroatoms. The van der Waals surface area contributed by atoms with Crippen LogP contribution in [0.1, 0.15) is 28.4 Å². The molecule has 2 N–H and O–H groups in total. The summed E-state index contributed by atoms with van der Waals surface area (Å²) in [4.78, 5) is 21.5. The van der Waals surface area contributed by atoms with Crippen LogP contribution >= 0.6 is 35.6 Å². The average molecular weight is 570 g/mol. The molecule has 174 valence electrons. The number of aliphatic imine (C=N–C) groups is 1. The van der Waals surface area contributed by atoms with E-state index < -0.39 is 0 Å². The number of guanidine groups is 1. The van der Waals surface area contributed by atoms with E-state index in [0.717, 1.165) is 62.2 Å². The summed E-state index contributed by atoms with van der Waals surface area (Å²) in [5, 5.41) is 6.89. The van der Waals surface area contributed by atoms with Crippen molar-refractivity contribution in [1.29, 1.82) is 0 Å². The molecule has 1 amide bonds. The van der Waals surface area contributed by atoms with Crippen LogP contribution in [-0.2, 0) is 13.0 Å². The topological polar surface area (TPSA) is 60.0 Å². The van der Waals surface area contributed by atoms with Crippen molar-refractivity contribution >= 4 is 47.4 Å². The minimum absolute atomic E-state index is 0. The second-order valence-electron chi connectivity index (χ2n) is 7.66. The summed E-state index contributed by atoms with van der Waals surface area (Å²) < 4.78 is 0. The summed E-state index contributed by atoms with van der Waals surface area (Å²) in [7, 11) is 1.65. The normalized spacial score (nSPS) is 14.6. The molecule has 0 atom stereocenters. The molecule has 1 fully saturated rings. The Morgan fingerprint density at radius 1 is 1.06 bits per heavy atom. The average Bonchev–Trinajstić information content (AvgIpc) is 2.79. The summed E-state index contributed by atoms with van der Waals surface area (Å²) in [5.41, 5.74) is 3.05. The molecule has 1 saturated heterocycles. The van der Waals surface area contributed by atoms with E-state index in [2.05, 4.69) is 33.4 Å². The summed E-state index contributed by atoms with van der Waals surface area (Å²) in [5.74, 6) is 0.904. The van der Waals surface area contributed by atoms with Crippen LogP contribution in [0.25, 0.3) is 0 Å². The molecule has 2 aromatic rings. The van der Waals surface area contributed by atoms with E-state index in [1.165, 1.54) is 5.56 Å². The molecule has 0 saturated carbocycles. The van der Waals surface area contributed by atoms with Crippen molar-refractivity contribution in [1.82, 2.24) is 20.4 Å². The number of nitrogens with one attached hydrogen (secondary N) is 2. The molecule has 3 rings (SSSR count). The van der Waals surface area contributed by atoms with Crippen molar-refractivity contribution in [2.45, 2.75) is 19.9 Å². The molecule has 6 nitrogen and oxygen atoms in total. The molecule has 1 heterocycles. The van der Waals surface area contributed by atoms with Gasteiger partial charge in [0.15, 0.2) is 5.96 Å². The maximum Gasteiger partial charge on any atom is 0.251 e.